The predicted molar refractivity (Wildman–Crippen MR) is 59.0 cm³/mol. The van der Waals surface area contributed by atoms with Gasteiger partial charge in [-0.05, 0) is 0 Å². The highest BCUT2D eigenvalue weighted by atomic mass is 35.5. The van der Waals surface area contributed by atoms with E-state index in [2.05, 4.69) is 0 Å². The Bertz CT molecular complexity index is 355. The first kappa shape index (κ1) is 11.9. The Morgan fingerprint density at radius 1 is 1.13 bits per heavy atom. The molecular weight excluding hydrogens is 218 g/mol. The van der Waals surface area contributed by atoms with Crippen LogP contribution in [0.3, 0.4) is 0 Å². The third-order valence-corrected chi connectivity index (χ3v) is 2.36. The third kappa shape index (κ3) is 2.11. The average molecular weight is 232 g/mol. The normalized spacial score (nSPS) is 9.93. The highest BCUT2D eigenvalue weighted by Crippen LogP contribution is 2.42. The lowest BCUT2D eigenvalue weighted by atomic mass is 10.1. The topological polar surface area (TPSA) is 53.7 Å². The largest absolute Gasteiger partial charge is 0.495 e. The van der Waals surface area contributed by atoms with Crippen molar-refractivity contribution < 1.29 is 14.2 Å². The number of methoxy groups -OCH3 is 3. The molecular formula is C10H14ClNO3. The van der Waals surface area contributed by atoms with Gasteiger partial charge in [0.2, 0.25) is 0 Å². The SMILES string of the molecule is COc1cc(Cl)c(OC)c(CN)c1OC. The maximum Gasteiger partial charge on any atom is 0.169 e. The van der Waals surface area contributed by atoms with Crippen molar-refractivity contribution in [3.05, 3.63) is 16.7 Å². The molecule has 1 rings (SSSR count). The number of hydrogen-bond acceptors (Lipinski definition) is 4. The maximum atomic E-state index is 6.01. The van der Waals surface area contributed by atoms with Gasteiger partial charge in [0.25, 0.3) is 0 Å². The van der Waals surface area contributed by atoms with Crippen LogP contribution >= 0.6 is 11.6 Å². The van der Waals surface area contributed by atoms with E-state index in [1.807, 2.05) is 0 Å². The molecule has 0 radical (unpaired) electrons. The molecule has 0 amide bonds. The fraction of sp³-hybridized carbons (Fsp3) is 0.400. The summed E-state index contributed by atoms with van der Waals surface area (Å²) in [6, 6.07) is 1.64. The molecule has 0 aromatic heterocycles. The van der Waals surface area contributed by atoms with E-state index < -0.39 is 0 Å². The Morgan fingerprint density at radius 2 is 1.73 bits per heavy atom. The van der Waals surface area contributed by atoms with E-state index >= 15 is 0 Å². The molecule has 0 unspecified atom stereocenters. The van der Waals surface area contributed by atoms with Crippen LogP contribution in [0.1, 0.15) is 5.56 Å². The molecule has 0 saturated heterocycles. The molecule has 0 spiro atoms. The zero-order valence-corrected chi connectivity index (χ0v) is 9.72. The van der Waals surface area contributed by atoms with E-state index in [1.54, 1.807) is 20.3 Å². The quantitative estimate of drug-likeness (QED) is 0.859. The number of ether oxygens (including phenoxy) is 3. The number of halogens is 1. The monoisotopic (exact) mass is 231 g/mol. The Balaban J connectivity index is 3.44. The Hall–Kier alpha value is -1.13. The molecule has 1 aromatic carbocycles. The highest BCUT2D eigenvalue weighted by Gasteiger charge is 2.18. The Kier molecular flexibility index (Phi) is 4.05. The van der Waals surface area contributed by atoms with Crippen LogP contribution in [-0.2, 0) is 6.54 Å². The molecule has 0 aliphatic carbocycles. The fourth-order valence-electron chi connectivity index (χ4n) is 1.42. The van der Waals surface area contributed by atoms with E-state index in [1.165, 1.54) is 7.11 Å². The first-order chi connectivity index (χ1) is 7.19. The standard InChI is InChI=1S/C10H14ClNO3/c1-13-8-4-7(11)9(14-2)6(5-12)10(8)15-3/h4H,5,12H2,1-3H3. The second-order valence-electron chi connectivity index (χ2n) is 2.81. The van der Waals surface area contributed by atoms with Gasteiger partial charge >= 0.3 is 0 Å². The summed E-state index contributed by atoms with van der Waals surface area (Å²) in [4.78, 5) is 0. The van der Waals surface area contributed by atoms with Crippen molar-refractivity contribution in [2.75, 3.05) is 21.3 Å². The molecule has 4 nitrogen and oxygen atoms in total. The number of hydrogen-bond donors (Lipinski definition) is 1. The average Bonchev–Trinajstić information content (AvgIpc) is 2.27. The van der Waals surface area contributed by atoms with Crippen LogP contribution in [0.2, 0.25) is 5.02 Å². The van der Waals surface area contributed by atoms with Gasteiger partial charge in [-0.15, -0.1) is 0 Å². The molecule has 0 aliphatic rings. The molecule has 5 heteroatoms. The molecule has 0 atom stereocenters. The maximum absolute atomic E-state index is 6.01. The first-order valence-electron chi connectivity index (χ1n) is 4.37. The highest BCUT2D eigenvalue weighted by molar-refractivity contribution is 6.32. The lowest BCUT2D eigenvalue weighted by Gasteiger charge is -2.16. The minimum Gasteiger partial charge on any atom is -0.495 e. The molecule has 0 bridgehead atoms. The second-order valence-corrected chi connectivity index (χ2v) is 3.22. The minimum atomic E-state index is 0.267. The Labute approximate surface area is 93.9 Å². The van der Waals surface area contributed by atoms with E-state index in [-0.39, 0.29) is 6.54 Å². The number of rotatable bonds is 4. The molecule has 84 valence electrons. The van der Waals surface area contributed by atoms with E-state index in [9.17, 15) is 0 Å². The first-order valence-corrected chi connectivity index (χ1v) is 4.74. The van der Waals surface area contributed by atoms with Crippen molar-refractivity contribution in [3.8, 4) is 17.2 Å². The molecule has 1 aromatic rings. The third-order valence-electron chi connectivity index (χ3n) is 2.08. The molecule has 0 heterocycles. The summed E-state index contributed by atoms with van der Waals surface area (Å²) in [5, 5.41) is 0.454. The number of benzene rings is 1. The van der Waals surface area contributed by atoms with Crippen LogP contribution in [-0.4, -0.2) is 21.3 Å². The van der Waals surface area contributed by atoms with E-state index in [4.69, 9.17) is 31.5 Å². The summed E-state index contributed by atoms with van der Waals surface area (Å²) in [5.41, 5.74) is 6.32. The van der Waals surface area contributed by atoms with Gasteiger partial charge in [-0.2, -0.15) is 0 Å². The fourth-order valence-corrected chi connectivity index (χ4v) is 1.71. The van der Waals surface area contributed by atoms with Gasteiger partial charge < -0.3 is 19.9 Å². The summed E-state index contributed by atoms with van der Waals surface area (Å²) in [6.45, 7) is 0.267. The summed E-state index contributed by atoms with van der Waals surface area (Å²) < 4.78 is 15.5. The summed E-state index contributed by atoms with van der Waals surface area (Å²) >= 11 is 6.01. The Morgan fingerprint density at radius 3 is 2.13 bits per heavy atom. The van der Waals surface area contributed by atoms with Crippen molar-refractivity contribution in [3.63, 3.8) is 0 Å². The van der Waals surface area contributed by atoms with E-state index in [0.717, 1.165) is 0 Å². The smallest absolute Gasteiger partial charge is 0.169 e. The van der Waals surface area contributed by atoms with Gasteiger partial charge in [0, 0.05) is 12.6 Å². The van der Waals surface area contributed by atoms with Crippen molar-refractivity contribution in [2.45, 2.75) is 6.54 Å². The molecule has 15 heavy (non-hydrogen) atoms. The minimum absolute atomic E-state index is 0.267. The molecule has 0 saturated carbocycles. The molecule has 0 fully saturated rings. The van der Waals surface area contributed by atoms with Crippen LogP contribution in [0.25, 0.3) is 0 Å². The van der Waals surface area contributed by atoms with Gasteiger partial charge in [-0.3, -0.25) is 0 Å². The summed E-state index contributed by atoms with van der Waals surface area (Å²) in [7, 11) is 4.62. The lowest BCUT2D eigenvalue weighted by molar-refractivity contribution is 0.344. The van der Waals surface area contributed by atoms with Crippen molar-refractivity contribution in [1.82, 2.24) is 0 Å². The summed E-state index contributed by atoms with van der Waals surface area (Å²) in [5.74, 6) is 1.63. The van der Waals surface area contributed by atoms with Gasteiger partial charge in [0.05, 0.1) is 31.9 Å². The van der Waals surface area contributed by atoms with Crippen LogP contribution in [0.4, 0.5) is 0 Å². The van der Waals surface area contributed by atoms with Crippen molar-refractivity contribution >= 4 is 11.6 Å². The second kappa shape index (κ2) is 5.09. The van der Waals surface area contributed by atoms with Gasteiger partial charge in [0.1, 0.15) is 5.75 Å². The lowest BCUT2D eigenvalue weighted by Crippen LogP contribution is -2.05. The van der Waals surface area contributed by atoms with E-state index in [0.29, 0.717) is 27.8 Å². The predicted octanol–water partition coefficient (Wildman–Crippen LogP) is 1.82. The van der Waals surface area contributed by atoms with Crippen LogP contribution in [0.5, 0.6) is 17.2 Å². The van der Waals surface area contributed by atoms with Crippen molar-refractivity contribution in [2.24, 2.45) is 5.73 Å². The molecule has 2 N–H and O–H groups in total. The zero-order valence-electron chi connectivity index (χ0n) is 8.96. The van der Waals surface area contributed by atoms with Crippen LogP contribution in [0.15, 0.2) is 6.07 Å². The molecule has 0 aliphatic heterocycles. The van der Waals surface area contributed by atoms with Crippen LogP contribution < -0.4 is 19.9 Å². The van der Waals surface area contributed by atoms with Gasteiger partial charge in [-0.1, -0.05) is 11.6 Å². The van der Waals surface area contributed by atoms with Gasteiger partial charge in [-0.25, -0.2) is 0 Å². The van der Waals surface area contributed by atoms with Gasteiger partial charge in [0.15, 0.2) is 11.5 Å². The summed E-state index contributed by atoms with van der Waals surface area (Å²) in [6.07, 6.45) is 0. The zero-order chi connectivity index (χ0) is 11.4. The number of nitrogens with two attached hydrogens (primary N) is 1. The van der Waals surface area contributed by atoms with Crippen molar-refractivity contribution in [1.29, 1.82) is 0 Å². The van der Waals surface area contributed by atoms with Crippen LogP contribution in [0, 0.1) is 0 Å².